The molecule has 0 saturated heterocycles. The van der Waals surface area contributed by atoms with E-state index in [1.165, 1.54) is 0 Å². The Labute approximate surface area is 196 Å². The van der Waals surface area contributed by atoms with Gasteiger partial charge in [-0.15, -0.1) is 0 Å². The molecule has 0 fully saturated rings. The summed E-state index contributed by atoms with van der Waals surface area (Å²) in [5.74, 6) is -77.7. The maximum atomic E-state index is 13.5. The van der Waals surface area contributed by atoms with Crippen LogP contribution in [0.15, 0.2) is 0 Å². The monoisotopic (exact) mass is 722 g/mol. The summed E-state index contributed by atoms with van der Waals surface area (Å²) in [7, 11) is 0. The number of halogens is 22. The van der Waals surface area contributed by atoms with Gasteiger partial charge < -0.3 is 6.87 Å². The molecule has 0 N–H and O–H groups in total. The predicted molar refractivity (Wildman–Crippen MR) is 61.1 cm³/mol. The number of hydrogen-bond acceptors (Lipinski definition) is 3. The first kappa shape index (κ1) is 36.1. The largest absolute Gasteiger partial charge is 0.506 e. The van der Waals surface area contributed by atoms with E-state index < -0.39 is 93.6 Å². The van der Waals surface area contributed by atoms with E-state index in [0.29, 0.717) is 0 Å². The lowest BCUT2D eigenvalue weighted by Gasteiger charge is -2.44. The van der Waals surface area contributed by atoms with E-state index in [4.69, 9.17) is 0 Å². The summed E-state index contributed by atoms with van der Waals surface area (Å²) in [6, 6.07) is 0. The number of alkyl halides is 21. The van der Waals surface area contributed by atoms with Crippen LogP contribution < -0.4 is 27.9 Å². The van der Waals surface area contributed by atoms with Gasteiger partial charge in [-0.25, -0.2) is 0 Å². The van der Waals surface area contributed by atoms with Crippen molar-refractivity contribution in [3.63, 3.8) is 0 Å². The van der Waals surface area contributed by atoms with Crippen molar-refractivity contribution in [3.05, 3.63) is 0 Å². The summed E-state index contributed by atoms with van der Waals surface area (Å²) < 4.78 is 298. The molecular weight excluding hydrogens is 718 g/mol. The Kier molecular flexibility index (Phi) is 9.43. The van der Waals surface area contributed by atoms with E-state index in [0.717, 1.165) is 0 Å². The highest BCUT2D eigenvalue weighted by Crippen LogP contribution is 2.66. The zero-order valence-electron chi connectivity index (χ0n) is 16.0. The molecule has 0 aliphatic rings. The van der Waals surface area contributed by atoms with Crippen molar-refractivity contribution in [1.29, 1.82) is 0 Å². The first-order valence-corrected chi connectivity index (χ1v) is 10.5. The van der Waals surface area contributed by atoms with Gasteiger partial charge in [0.25, 0.3) is 0 Å². The first-order valence-electron chi connectivity index (χ1n) is 7.82. The van der Waals surface area contributed by atoms with E-state index in [1.807, 2.05) is 0 Å². The molecule has 0 aliphatic heterocycles. The van der Waals surface area contributed by atoms with Gasteiger partial charge >= 0.3 is 80.5 Å². The summed E-state index contributed by atoms with van der Waals surface area (Å²) in [6.07, 6.45) is -11.1. The molecule has 0 unspecified atom stereocenters. The molecule has 0 spiro atoms. The Morgan fingerprint density at radius 2 is 0.649 bits per heavy atom. The second-order valence-electron chi connectivity index (χ2n) is 6.55. The van der Waals surface area contributed by atoms with Crippen molar-refractivity contribution >= 4 is 0 Å². The fourth-order valence-corrected chi connectivity index (χ4v) is 2.56. The first-order chi connectivity index (χ1) is 15.7. The standard InChI is InChI=1S/C12H4F21IO3/c13-3(14,1-2-37-34(35)36)4(15,16)5(17,18)6(19,20)7(21,22)8(23,24)9(25,26)10(27,28)11(29,30)12(31,32)33/h1-2H2. The SMILES string of the molecule is [O-][I+2]([O-])OCCC(F)(F)C(F)(F)C(F)(F)C(F)(F)C(F)(F)C(F)(F)C(F)(F)C(F)(F)C(F)(F)C(F)(F)F. The molecule has 0 aromatic carbocycles. The van der Waals surface area contributed by atoms with Crippen LogP contribution >= 0.6 is 0 Å². The average Bonchev–Trinajstić information content (AvgIpc) is 2.65. The lowest BCUT2D eigenvalue weighted by Crippen LogP contribution is -3.99. The highest BCUT2D eigenvalue weighted by atomic mass is 127. The summed E-state index contributed by atoms with van der Waals surface area (Å²) in [5.41, 5.74) is 0. The minimum atomic E-state index is -9.23. The van der Waals surface area contributed by atoms with Crippen LogP contribution in [0, 0.1) is 0 Å². The molecule has 0 amide bonds. The molecule has 0 heterocycles. The van der Waals surface area contributed by atoms with E-state index >= 15 is 0 Å². The quantitative estimate of drug-likeness (QED) is 0.228. The third-order valence-corrected chi connectivity index (χ3v) is 5.11. The van der Waals surface area contributed by atoms with Crippen molar-refractivity contribution in [2.24, 2.45) is 0 Å². The van der Waals surface area contributed by atoms with Gasteiger partial charge in [-0.3, -0.25) is 0 Å². The van der Waals surface area contributed by atoms with Crippen LogP contribution in [0.4, 0.5) is 92.2 Å². The van der Waals surface area contributed by atoms with Crippen LogP contribution in [0.3, 0.4) is 0 Å². The summed E-state index contributed by atoms with van der Waals surface area (Å²) in [4.78, 5) is 0. The van der Waals surface area contributed by atoms with Crippen LogP contribution in [0.2, 0.25) is 0 Å². The summed E-state index contributed by atoms with van der Waals surface area (Å²) in [6.45, 7) is -2.29. The second kappa shape index (κ2) is 9.65. The summed E-state index contributed by atoms with van der Waals surface area (Å²) in [5, 5.41) is 0. The molecule has 25 heteroatoms. The second-order valence-corrected chi connectivity index (χ2v) is 8.25. The van der Waals surface area contributed by atoms with Crippen molar-refractivity contribution in [3.8, 4) is 0 Å². The molecule has 0 saturated carbocycles. The van der Waals surface area contributed by atoms with E-state index in [2.05, 4.69) is 3.07 Å². The molecule has 0 bridgehead atoms. The molecule has 37 heavy (non-hydrogen) atoms. The Hall–Kier alpha value is -0.860. The topological polar surface area (TPSA) is 55.3 Å². The fourth-order valence-electron chi connectivity index (χ4n) is 1.98. The maximum Gasteiger partial charge on any atom is 0.506 e. The molecule has 0 aromatic rings. The number of rotatable bonds is 12. The Morgan fingerprint density at radius 1 is 0.405 bits per heavy atom. The molecule has 0 rings (SSSR count). The fraction of sp³-hybridized carbons (Fsp3) is 1.00. The zero-order valence-corrected chi connectivity index (χ0v) is 18.1. The molecule has 3 nitrogen and oxygen atoms in total. The Bertz CT molecular complexity index is 803. The molecule has 0 aromatic heterocycles. The van der Waals surface area contributed by atoms with Crippen LogP contribution in [-0.2, 0) is 3.07 Å². The van der Waals surface area contributed by atoms with Crippen molar-refractivity contribution < 1.29 is 123 Å². The Balaban J connectivity index is 6.85. The minimum absolute atomic E-state index is 2.29. The van der Waals surface area contributed by atoms with Gasteiger partial charge in [0.15, 0.2) is 0 Å². The Morgan fingerprint density at radius 3 is 0.892 bits per heavy atom. The van der Waals surface area contributed by atoms with Crippen LogP contribution in [-0.4, -0.2) is 66.1 Å². The van der Waals surface area contributed by atoms with E-state index in [1.54, 1.807) is 0 Å². The smallest absolute Gasteiger partial charge is 0.396 e. The van der Waals surface area contributed by atoms with Gasteiger partial charge in [-0.05, 0) is 3.07 Å². The molecule has 0 atom stereocenters. The maximum absolute atomic E-state index is 13.5. The lowest BCUT2D eigenvalue weighted by atomic mass is 9.86. The van der Waals surface area contributed by atoms with E-state index in [-0.39, 0.29) is 0 Å². The third kappa shape index (κ3) is 5.08. The molecule has 0 aliphatic carbocycles. The van der Waals surface area contributed by atoms with Crippen LogP contribution in [0.5, 0.6) is 0 Å². The van der Waals surface area contributed by atoms with Gasteiger partial charge in [0.1, 0.15) is 6.61 Å². The van der Waals surface area contributed by atoms with Crippen molar-refractivity contribution in [2.45, 2.75) is 65.9 Å². The normalized spacial score (nSPS) is 16.5. The van der Waals surface area contributed by atoms with Gasteiger partial charge in [-0.2, -0.15) is 92.2 Å². The number of hydrogen-bond donors (Lipinski definition) is 0. The average molecular weight is 722 g/mol. The van der Waals surface area contributed by atoms with Crippen molar-refractivity contribution in [1.82, 2.24) is 0 Å². The van der Waals surface area contributed by atoms with Gasteiger partial charge in [-0.1, -0.05) is 0 Å². The molecular formula is C12H4F21IO3. The molecule has 0 radical (unpaired) electrons. The highest BCUT2D eigenvalue weighted by Gasteiger charge is 2.97. The molecule has 224 valence electrons. The zero-order chi connectivity index (χ0) is 30.7. The van der Waals surface area contributed by atoms with E-state index in [9.17, 15) is 99.1 Å². The van der Waals surface area contributed by atoms with Gasteiger partial charge in [0, 0.05) is 6.42 Å². The third-order valence-electron chi connectivity index (χ3n) is 4.16. The predicted octanol–water partition coefficient (Wildman–Crippen LogP) is 1.76. The van der Waals surface area contributed by atoms with Gasteiger partial charge in [0.2, 0.25) is 0 Å². The summed E-state index contributed by atoms with van der Waals surface area (Å²) >= 11 is -5.10. The minimum Gasteiger partial charge on any atom is -0.396 e. The highest BCUT2D eigenvalue weighted by molar-refractivity contribution is 5.17. The van der Waals surface area contributed by atoms with Crippen molar-refractivity contribution in [2.75, 3.05) is 6.61 Å². The van der Waals surface area contributed by atoms with Crippen LogP contribution in [0.1, 0.15) is 6.42 Å². The van der Waals surface area contributed by atoms with Crippen LogP contribution in [0.25, 0.3) is 0 Å². The van der Waals surface area contributed by atoms with Gasteiger partial charge in [0.05, 0.1) is 0 Å². The lowest BCUT2D eigenvalue weighted by molar-refractivity contribution is -1.63.